The topological polar surface area (TPSA) is 77.9 Å². The number of hydrogen-bond donors (Lipinski definition) is 1. The number of carbonyl (C=O) groups is 3. The molecule has 0 fully saturated rings. The predicted octanol–water partition coefficient (Wildman–Crippen LogP) is 3.43. The van der Waals surface area contributed by atoms with Crippen LogP contribution in [-0.4, -0.2) is 53.3 Å². The molecule has 2 atom stereocenters. The minimum absolute atomic E-state index is 0.00921. The molecule has 0 bridgehead atoms. The number of aliphatic hydroxyl groups excluding tert-OH is 1. The zero-order valence-electron chi connectivity index (χ0n) is 18.6. The first-order valence-corrected chi connectivity index (χ1v) is 10.8. The van der Waals surface area contributed by atoms with E-state index < -0.39 is 11.5 Å². The molecule has 3 amide bonds. The number of likely N-dealkylation sites (N-methyl/N-ethyl adjacent to an activating group) is 1. The first-order valence-electron chi connectivity index (χ1n) is 10.8. The van der Waals surface area contributed by atoms with Gasteiger partial charge in [-0.3, -0.25) is 19.3 Å². The van der Waals surface area contributed by atoms with Gasteiger partial charge in [0.2, 0.25) is 5.91 Å². The van der Waals surface area contributed by atoms with Crippen molar-refractivity contribution in [1.29, 1.82) is 0 Å². The van der Waals surface area contributed by atoms with Gasteiger partial charge in [0.05, 0.1) is 17.2 Å². The highest BCUT2D eigenvalue weighted by Gasteiger charge is 2.49. The first-order chi connectivity index (χ1) is 15.9. The highest BCUT2D eigenvalue weighted by Crippen LogP contribution is 2.42. The highest BCUT2D eigenvalue weighted by molar-refractivity contribution is 6.21. The number of hydrogen-bond acceptors (Lipinski definition) is 4. The number of aliphatic hydroxyl groups is 1. The maximum atomic E-state index is 13.7. The number of rotatable bonds is 7. The lowest BCUT2D eigenvalue weighted by molar-refractivity contribution is -0.140. The molecule has 1 aliphatic rings. The lowest BCUT2D eigenvalue weighted by Crippen LogP contribution is -2.50. The Kier molecular flexibility index (Phi) is 6.11. The number of imide groups is 1. The lowest BCUT2D eigenvalue weighted by atomic mass is 9.69. The van der Waals surface area contributed by atoms with Gasteiger partial charge in [-0.15, -0.1) is 0 Å². The second-order valence-electron chi connectivity index (χ2n) is 8.41. The lowest BCUT2D eigenvalue weighted by Gasteiger charge is -2.40. The molecule has 1 aliphatic heterocycles. The Balaban J connectivity index is 1.78. The Morgan fingerprint density at radius 2 is 1.33 bits per heavy atom. The van der Waals surface area contributed by atoms with Gasteiger partial charge in [-0.1, -0.05) is 72.8 Å². The van der Waals surface area contributed by atoms with Gasteiger partial charge in [-0.05, 0) is 29.7 Å². The van der Waals surface area contributed by atoms with Crippen LogP contribution in [0, 0.1) is 0 Å². The van der Waals surface area contributed by atoms with Crippen molar-refractivity contribution in [3.63, 3.8) is 0 Å². The number of amides is 3. The quantitative estimate of drug-likeness (QED) is 0.569. The molecule has 4 rings (SSSR count). The van der Waals surface area contributed by atoms with Crippen LogP contribution in [0.1, 0.15) is 44.4 Å². The Morgan fingerprint density at radius 3 is 1.85 bits per heavy atom. The van der Waals surface area contributed by atoms with Crippen molar-refractivity contribution in [1.82, 2.24) is 9.80 Å². The molecule has 0 aromatic heterocycles. The van der Waals surface area contributed by atoms with Crippen LogP contribution in [-0.2, 0) is 10.2 Å². The number of benzene rings is 3. The van der Waals surface area contributed by atoms with Gasteiger partial charge in [0, 0.05) is 20.6 Å². The maximum Gasteiger partial charge on any atom is 0.261 e. The standard InChI is InChI=1S/C27H26N2O4/c1-28(2)26(33)27(20-13-7-4-8-14-20,23(30)19-11-5-3-6-12-19)17-18-29-24(31)21-15-9-10-16-22(21)25(29)32/h3-16,23,30H,17-18H2,1-2H3. The predicted molar refractivity (Wildman–Crippen MR) is 125 cm³/mol. The van der Waals surface area contributed by atoms with Crippen LogP contribution >= 0.6 is 0 Å². The Hall–Kier alpha value is -3.77. The van der Waals surface area contributed by atoms with E-state index in [0.717, 1.165) is 0 Å². The molecule has 33 heavy (non-hydrogen) atoms. The molecular weight excluding hydrogens is 416 g/mol. The van der Waals surface area contributed by atoms with Crippen molar-refractivity contribution in [3.8, 4) is 0 Å². The van der Waals surface area contributed by atoms with E-state index in [4.69, 9.17) is 0 Å². The average Bonchev–Trinajstić information content (AvgIpc) is 3.10. The molecule has 1 N–H and O–H groups in total. The summed E-state index contributed by atoms with van der Waals surface area (Å²) < 4.78 is 0. The van der Waals surface area contributed by atoms with E-state index in [1.807, 2.05) is 24.3 Å². The number of nitrogens with zero attached hydrogens (tertiary/aromatic N) is 2. The van der Waals surface area contributed by atoms with E-state index in [1.54, 1.807) is 74.8 Å². The molecule has 1 heterocycles. The number of carbonyl (C=O) groups excluding carboxylic acids is 3. The Morgan fingerprint density at radius 1 is 0.848 bits per heavy atom. The molecule has 3 aromatic rings. The third-order valence-corrected chi connectivity index (χ3v) is 6.27. The Labute approximate surface area is 193 Å². The average molecular weight is 443 g/mol. The van der Waals surface area contributed by atoms with Gasteiger partial charge in [-0.2, -0.15) is 0 Å². The van der Waals surface area contributed by atoms with Crippen LogP contribution in [0.25, 0.3) is 0 Å². The minimum atomic E-state index is -1.40. The van der Waals surface area contributed by atoms with Crippen molar-refractivity contribution in [2.75, 3.05) is 20.6 Å². The Bertz CT molecular complexity index is 1140. The minimum Gasteiger partial charge on any atom is -0.387 e. The molecular formula is C27H26N2O4. The number of fused-ring (bicyclic) bond motifs is 1. The van der Waals surface area contributed by atoms with Gasteiger partial charge in [-0.25, -0.2) is 0 Å². The van der Waals surface area contributed by atoms with Gasteiger partial charge in [0.15, 0.2) is 0 Å². The van der Waals surface area contributed by atoms with E-state index in [0.29, 0.717) is 22.3 Å². The summed E-state index contributed by atoms with van der Waals surface area (Å²) in [6, 6.07) is 24.8. The van der Waals surface area contributed by atoms with E-state index >= 15 is 0 Å². The van der Waals surface area contributed by atoms with Crippen molar-refractivity contribution >= 4 is 17.7 Å². The van der Waals surface area contributed by atoms with Crippen molar-refractivity contribution < 1.29 is 19.5 Å². The third-order valence-electron chi connectivity index (χ3n) is 6.27. The fraction of sp³-hybridized carbons (Fsp3) is 0.222. The first kappa shape index (κ1) is 22.4. The highest BCUT2D eigenvalue weighted by atomic mass is 16.3. The molecule has 6 heteroatoms. The molecule has 2 unspecified atom stereocenters. The molecule has 0 aliphatic carbocycles. The van der Waals surface area contributed by atoms with Crippen LogP contribution in [0.2, 0.25) is 0 Å². The largest absolute Gasteiger partial charge is 0.387 e. The zero-order chi connectivity index (χ0) is 23.6. The normalized spacial score (nSPS) is 15.7. The smallest absolute Gasteiger partial charge is 0.261 e. The van der Waals surface area contributed by atoms with Gasteiger partial charge < -0.3 is 10.0 Å². The molecule has 0 radical (unpaired) electrons. The molecule has 0 saturated heterocycles. The van der Waals surface area contributed by atoms with Gasteiger partial charge >= 0.3 is 0 Å². The molecule has 3 aromatic carbocycles. The van der Waals surface area contributed by atoms with Gasteiger partial charge in [0.25, 0.3) is 11.8 Å². The summed E-state index contributed by atoms with van der Waals surface area (Å²) in [6.07, 6.45) is -1.12. The van der Waals surface area contributed by atoms with Crippen molar-refractivity contribution in [3.05, 3.63) is 107 Å². The van der Waals surface area contributed by atoms with E-state index in [-0.39, 0.29) is 30.7 Å². The van der Waals surface area contributed by atoms with E-state index in [1.165, 1.54) is 9.80 Å². The van der Waals surface area contributed by atoms with Crippen LogP contribution < -0.4 is 0 Å². The van der Waals surface area contributed by atoms with E-state index in [9.17, 15) is 19.5 Å². The summed E-state index contributed by atoms with van der Waals surface area (Å²) in [7, 11) is 3.28. The summed E-state index contributed by atoms with van der Waals surface area (Å²) in [5, 5.41) is 11.6. The molecule has 168 valence electrons. The van der Waals surface area contributed by atoms with Gasteiger partial charge in [0.1, 0.15) is 5.41 Å². The van der Waals surface area contributed by atoms with E-state index in [2.05, 4.69) is 0 Å². The zero-order valence-corrected chi connectivity index (χ0v) is 18.6. The van der Waals surface area contributed by atoms with Crippen molar-refractivity contribution in [2.45, 2.75) is 17.9 Å². The van der Waals surface area contributed by atoms with Crippen LogP contribution in [0.3, 0.4) is 0 Å². The SMILES string of the molecule is CN(C)C(=O)C(CCN1C(=O)c2ccccc2C1=O)(c1ccccc1)C(O)c1ccccc1. The van der Waals surface area contributed by atoms with Crippen LogP contribution in [0.4, 0.5) is 0 Å². The summed E-state index contributed by atoms with van der Waals surface area (Å²) in [4.78, 5) is 42.3. The van der Waals surface area contributed by atoms with Crippen molar-refractivity contribution in [2.24, 2.45) is 0 Å². The van der Waals surface area contributed by atoms with Crippen LogP contribution in [0.15, 0.2) is 84.9 Å². The summed E-state index contributed by atoms with van der Waals surface area (Å²) in [5.41, 5.74) is 0.517. The molecule has 0 saturated carbocycles. The molecule has 0 spiro atoms. The van der Waals surface area contributed by atoms with Crippen LogP contribution in [0.5, 0.6) is 0 Å². The monoisotopic (exact) mass is 442 g/mol. The molecule has 6 nitrogen and oxygen atoms in total. The fourth-order valence-corrected chi connectivity index (χ4v) is 4.57. The summed E-state index contributed by atoms with van der Waals surface area (Å²) in [6.45, 7) is -0.00921. The third kappa shape index (κ3) is 3.83. The maximum absolute atomic E-state index is 13.7. The second-order valence-corrected chi connectivity index (χ2v) is 8.41. The summed E-state index contributed by atoms with van der Waals surface area (Å²) in [5.74, 6) is -1.07. The second kappa shape index (κ2) is 9.00. The fourth-order valence-electron chi connectivity index (χ4n) is 4.57. The summed E-state index contributed by atoms with van der Waals surface area (Å²) >= 11 is 0.